The van der Waals surface area contributed by atoms with Gasteiger partial charge in [0.05, 0.1) is 17.4 Å². The van der Waals surface area contributed by atoms with Crippen LogP contribution in [0.2, 0.25) is 5.02 Å². The van der Waals surface area contributed by atoms with Crippen LogP contribution in [0, 0.1) is 12.3 Å². The monoisotopic (exact) mass is 580 g/mol. The Hall–Kier alpha value is -2.94. The molecular weight excluding hydrogens is 560 g/mol. The van der Waals surface area contributed by atoms with Crippen molar-refractivity contribution in [1.29, 1.82) is 5.41 Å². The van der Waals surface area contributed by atoms with Gasteiger partial charge < -0.3 is 0 Å². The molecule has 3 aromatic rings. The number of nitrogens with zero attached hydrogens (tertiary/aromatic N) is 3. The molecule has 2 aliphatic rings. The maximum Gasteiger partial charge on any atom is 0.247 e. The number of halogens is 2. The molecule has 1 fully saturated rings. The molecule has 0 saturated carbocycles. The van der Waals surface area contributed by atoms with Gasteiger partial charge in [0, 0.05) is 22.3 Å². The van der Waals surface area contributed by atoms with E-state index in [2.05, 4.69) is 15.9 Å². The number of thioether (sulfide) groups is 1. The van der Waals surface area contributed by atoms with Crippen LogP contribution >= 0.6 is 39.3 Å². The molecule has 2 heterocycles. The maximum atomic E-state index is 13.2. The number of hydrazone groups is 1. The highest BCUT2D eigenvalue weighted by Crippen LogP contribution is 2.38. The van der Waals surface area contributed by atoms with Crippen LogP contribution < -0.4 is 4.90 Å². The van der Waals surface area contributed by atoms with Crippen molar-refractivity contribution in [2.75, 3.05) is 4.90 Å². The van der Waals surface area contributed by atoms with E-state index < -0.39 is 5.25 Å². The normalized spacial score (nSPS) is 19.7. The smallest absolute Gasteiger partial charge is 0.247 e. The lowest BCUT2D eigenvalue weighted by atomic mass is 9.98. The number of amidine groups is 1. The summed E-state index contributed by atoms with van der Waals surface area (Å²) in [6, 6.07) is 22.5. The Bertz CT molecular complexity index is 1360. The number of benzene rings is 3. The third kappa shape index (κ3) is 4.98. The number of hydrogen-bond donors (Lipinski definition) is 1. The number of hydrogen-bond acceptors (Lipinski definition) is 5. The van der Waals surface area contributed by atoms with Crippen molar-refractivity contribution < 1.29 is 9.59 Å². The minimum absolute atomic E-state index is 0.0376. The van der Waals surface area contributed by atoms with Crippen LogP contribution in [0.5, 0.6) is 0 Å². The second-order valence-corrected chi connectivity index (χ2v) is 11.2. The molecule has 0 aromatic heterocycles. The Balaban J connectivity index is 1.39. The lowest BCUT2D eigenvalue weighted by Crippen LogP contribution is -2.32. The molecule has 2 atom stereocenters. The molecule has 2 aliphatic heterocycles. The summed E-state index contributed by atoms with van der Waals surface area (Å²) in [6.45, 7) is 2.03. The number of anilines is 1. The van der Waals surface area contributed by atoms with Crippen molar-refractivity contribution in [2.24, 2.45) is 5.10 Å². The molecule has 0 spiro atoms. The average molecular weight is 582 g/mol. The molecule has 2 amide bonds. The van der Waals surface area contributed by atoms with E-state index in [9.17, 15) is 9.59 Å². The fourth-order valence-corrected chi connectivity index (χ4v) is 5.68. The number of nitrogens with one attached hydrogen (secondary N) is 1. The summed E-state index contributed by atoms with van der Waals surface area (Å²) in [5, 5.41) is 15.4. The van der Waals surface area contributed by atoms with Gasteiger partial charge in [-0.25, -0.2) is 9.91 Å². The first-order chi connectivity index (χ1) is 17.3. The predicted octanol–water partition coefficient (Wildman–Crippen LogP) is 6.56. The highest BCUT2D eigenvalue weighted by molar-refractivity contribution is 9.10. The van der Waals surface area contributed by atoms with Gasteiger partial charge in [0.1, 0.15) is 5.25 Å². The van der Waals surface area contributed by atoms with Crippen LogP contribution in [-0.2, 0) is 9.59 Å². The van der Waals surface area contributed by atoms with Gasteiger partial charge in [-0.2, -0.15) is 5.10 Å². The van der Waals surface area contributed by atoms with Crippen LogP contribution in [0.1, 0.15) is 35.6 Å². The molecule has 1 saturated heterocycles. The van der Waals surface area contributed by atoms with E-state index in [1.165, 1.54) is 4.90 Å². The Morgan fingerprint density at radius 3 is 2.33 bits per heavy atom. The minimum atomic E-state index is -0.682. The highest BCUT2D eigenvalue weighted by Gasteiger charge is 2.42. The van der Waals surface area contributed by atoms with Crippen LogP contribution in [0.4, 0.5) is 5.69 Å². The average Bonchev–Trinajstić information content (AvgIpc) is 3.42. The molecule has 36 heavy (non-hydrogen) atoms. The number of carbonyl (C=O) groups excluding carboxylic acids is 2. The molecule has 6 nitrogen and oxygen atoms in total. The fraction of sp³-hybridized carbons (Fsp3) is 0.185. The number of carbonyl (C=O) groups is 2. The molecule has 0 bridgehead atoms. The Morgan fingerprint density at radius 2 is 1.67 bits per heavy atom. The number of rotatable bonds is 4. The fourth-order valence-electron chi connectivity index (χ4n) is 4.31. The number of imide groups is 1. The number of aryl methyl sites for hydroxylation is 1. The molecule has 3 aromatic carbocycles. The third-order valence-corrected chi connectivity index (χ3v) is 8.05. The zero-order chi connectivity index (χ0) is 25.4. The quantitative estimate of drug-likeness (QED) is 0.215. The summed E-state index contributed by atoms with van der Waals surface area (Å²) in [4.78, 5) is 27.1. The summed E-state index contributed by atoms with van der Waals surface area (Å²) in [7, 11) is 0. The zero-order valence-corrected chi connectivity index (χ0v) is 22.5. The van der Waals surface area contributed by atoms with E-state index in [0.29, 0.717) is 17.1 Å². The second-order valence-electron chi connectivity index (χ2n) is 8.69. The molecule has 0 aliphatic carbocycles. The van der Waals surface area contributed by atoms with E-state index in [1.54, 1.807) is 29.3 Å². The maximum absolute atomic E-state index is 13.2. The standard InChI is InChI=1S/C27H22BrClN4O2S/c1-16-2-4-17(5-3-16)22-14-23(18-6-10-20(29)11-7-18)33(31-22)27(30)36-24-15-25(34)32(26(24)35)21-12-8-19(28)9-13-21/h2-13,23-24,30H,14-15H2,1H3/t23-,24-/m1/s1. The van der Waals surface area contributed by atoms with E-state index >= 15 is 0 Å². The zero-order valence-electron chi connectivity index (χ0n) is 19.3. The van der Waals surface area contributed by atoms with E-state index in [1.807, 2.05) is 55.5 Å². The van der Waals surface area contributed by atoms with Crippen LogP contribution in [0.15, 0.2) is 82.4 Å². The Kier molecular flexibility index (Phi) is 7.01. The second kappa shape index (κ2) is 10.2. The van der Waals surface area contributed by atoms with Crippen molar-refractivity contribution in [3.63, 3.8) is 0 Å². The largest absolute Gasteiger partial charge is 0.277 e. The van der Waals surface area contributed by atoms with Crippen molar-refractivity contribution in [3.05, 3.63) is 99.0 Å². The van der Waals surface area contributed by atoms with E-state index in [-0.39, 0.29) is 29.4 Å². The Morgan fingerprint density at radius 1 is 1.00 bits per heavy atom. The van der Waals surface area contributed by atoms with Crippen molar-refractivity contribution in [3.8, 4) is 0 Å². The third-order valence-electron chi connectivity index (χ3n) is 6.20. The topological polar surface area (TPSA) is 76.8 Å². The van der Waals surface area contributed by atoms with Gasteiger partial charge in [-0.15, -0.1) is 0 Å². The SMILES string of the molecule is Cc1ccc(C2=NN(C(=N)S[C@@H]3CC(=O)N(c4ccc(Br)cc4)C3=O)[C@@H](c3ccc(Cl)cc3)C2)cc1. The van der Waals surface area contributed by atoms with Gasteiger partial charge in [0.15, 0.2) is 5.17 Å². The summed E-state index contributed by atoms with van der Waals surface area (Å²) in [5.41, 5.74) is 4.52. The molecule has 1 N–H and O–H groups in total. The molecule has 182 valence electrons. The van der Waals surface area contributed by atoms with Gasteiger partial charge in [0.2, 0.25) is 11.8 Å². The van der Waals surface area contributed by atoms with Crippen molar-refractivity contribution in [2.45, 2.75) is 31.1 Å². The van der Waals surface area contributed by atoms with E-state index in [4.69, 9.17) is 22.1 Å². The summed E-state index contributed by atoms with van der Waals surface area (Å²) < 4.78 is 0.863. The first-order valence-corrected chi connectivity index (χ1v) is 13.4. The predicted molar refractivity (Wildman–Crippen MR) is 149 cm³/mol. The Labute approximate surface area is 227 Å². The lowest BCUT2D eigenvalue weighted by molar-refractivity contribution is -0.121. The first kappa shape index (κ1) is 24.7. The molecule has 0 radical (unpaired) electrons. The lowest BCUT2D eigenvalue weighted by Gasteiger charge is -2.24. The molecule has 9 heteroatoms. The van der Waals surface area contributed by atoms with E-state index in [0.717, 1.165) is 38.6 Å². The first-order valence-electron chi connectivity index (χ1n) is 11.4. The van der Waals surface area contributed by atoms with Crippen LogP contribution in [0.3, 0.4) is 0 Å². The molecular formula is C27H22BrClN4O2S. The highest BCUT2D eigenvalue weighted by atomic mass is 79.9. The van der Waals surface area contributed by atoms with Gasteiger partial charge in [-0.3, -0.25) is 15.0 Å². The van der Waals surface area contributed by atoms with Gasteiger partial charge in [0.25, 0.3) is 0 Å². The molecule has 0 unspecified atom stereocenters. The summed E-state index contributed by atoms with van der Waals surface area (Å²) in [5.74, 6) is -0.589. The number of amides is 2. The molecule has 5 rings (SSSR count). The summed E-state index contributed by atoms with van der Waals surface area (Å²) in [6.07, 6.45) is 0.645. The van der Waals surface area contributed by atoms with Crippen LogP contribution in [-0.4, -0.2) is 33.0 Å². The van der Waals surface area contributed by atoms with Crippen LogP contribution in [0.25, 0.3) is 0 Å². The van der Waals surface area contributed by atoms with Gasteiger partial charge >= 0.3 is 0 Å². The van der Waals surface area contributed by atoms with Gasteiger partial charge in [-0.1, -0.05) is 81.3 Å². The van der Waals surface area contributed by atoms with Crippen molar-refractivity contribution >= 4 is 67.7 Å². The minimum Gasteiger partial charge on any atom is -0.277 e. The summed E-state index contributed by atoms with van der Waals surface area (Å²) >= 11 is 10.6. The van der Waals surface area contributed by atoms with Crippen molar-refractivity contribution in [1.82, 2.24) is 5.01 Å². The van der Waals surface area contributed by atoms with Gasteiger partial charge in [-0.05, 0) is 54.4 Å².